The van der Waals surface area contributed by atoms with Gasteiger partial charge in [-0.15, -0.1) is 0 Å². The van der Waals surface area contributed by atoms with Crippen LogP contribution in [0.3, 0.4) is 0 Å². The first-order chi connectivity index (χ1) is 35.0. The molecule has 11 nitrogen and oxygen atoms in total. The van der Waals surface area contributed by atoms with Gasteiger partial charge >= 0.3 is 17.9 Å². The van der Waals surface area contributed by atoms with Crippen molar-refractivity contribution in [3.63, 3.8) is 0 Å². The number of aliphatic hydroxyl groups excluding tert-OH is 4. The van der Waals surface area contributed by atoms with Crippen LogP contribution < -0.4 is 0 Å². The van der Waals surface area contributed by atoms with Crippen molar-refractivity contribution in [2.45, 2.75) is 333 Å². The number of unbranched alkanes of at least 4 members (excludes halogenated alkanes) is 42. The van der Waals surface area contributed by atoms with Crippen LogP contribution in [0.1, 0.15) is 308 Å². The maximum absolute atomic E-state index is 13.3. The molecular weight excluding hydrogens is 897 g/mol. The van der Waals surface area contributed by atoms with E-state index in [0.717, 1.165) is 96.3 Å². The van der Waals surface area contributed by atoms with Crippen LogP contribution in [-0.2, 0) is 33.3 Å². The molecule has 0 aromatic heterocycles. The number of aliphatic hydroxyl groups is 4. The van der Waals surface area contributed by atoms with Gasteiger partial charge < -0.3 is 39.4 Å². The second kappa shape index (κ2) is 53.1. The number of ether oxygens (including phenoxy) is 4. The van der Waals surface area contributed by atoms with E-state index in [0.29, 0.717) is 32.7 Å². The lowest BCUT2D eigenvalue weighted by Crippen LogP contribution is -2.46. The molecule has 0 bridgehead atoms. The summed E-state index contributed by atoms with van der Waals surface area (Å²) in [5, 5.41) is 37.1. The second-order valence-corrected chi connectivity index (χ2v) is 21.3. The molecule has 0 spiro atoms. The Kier molecular flexibility index (Phi) is 50.2. The summed E-state index contributed by atoms with van der Waals surface area (Å²) < 4.78 is 23.7. The number of rotatable bonds is 56. The molecule has 1 saturated heterocycles. The summed E-state index contributed by atoms with van der Waals surface area (Å²) >= 11 is 0. The van der Waals surface area contributed by atoms with E-state index in [1.165, 1.54) is 180 Å². The van der Waals surface area contributed by atoms with Crippen molar-refractivity contribution in [2.75, 3.05) is 33.0 Å². The van der Waals surface area contributed by atoms with Crippen LogP contribution in [0.25, 0.3) is 0 Å². The number of esters is 3. The quantitative estimate of drug-likeness (QED) is 0.0260. The fourth-order valence-electron chi connectivity index (χ4n) is 10.1. The van der Waals surface area contributed by atoms with E-state index in [1.807, 2.05) is 0 Å². The molecule has 1 heterocycles. The molecule has 1 rings (SSSR count). The molecule has 11 heteroatoms. The van der Waals surface area contributed by atoms with Crippen molar-refractivity contribution in [1.29, 1.82) is 0 Å². The van der Waals surface area contributed by atoms with E-state index >= 15 is 0 Å². The maximum atomic E-state index is 13.3. The first kappa shape index (κ1) is 67.2. The average molecular weight is 1010 g/mol. The van der Waals surface area contributed by atoms with Gasteiger partial charge in [0.2, 0.25) is 0 Å². The van der Waals surface area contributed by atoms with Crippen LogP contribution >= 0.6 is 0 Å². The normalized spacial score (nSPS) is 16.1. The van der Waals surface area contributed by atoms with Crippen LogP contribution in [0.5, 0.6) is 0 Å². The van der Waals surface area contributed by atoms with Crippen molar-refractivity contribution in [3.05, 3.63) is 0 Å². The Balaban J connectivity index is 2.45. The molecule has 0 radical (unpaired) electrons. The predicted molar refractivity (Wildman–Crippen MR) is 289 cm³/mol. The first-order valence-electron chi connectivity index (χ1n) is 30.6. The molecule has 0 aromatic carbocycles. The lowest BCUT2D eigenvalue weighted by molar-refractivity contribution is -0.175. The standard InChI is InChI=1S/C60H114O11/c61-49-43-37-31-25-19-13-7-1-4-10-16-22-28-34-40-46-56(65)69-54(52-64)59-60(71-58(67)48-42-36-30-24-18-12-6-3-9-15-21-27-33-39-45-51-63)55(53-68-59)70-57(66)47-41-35-29-23-17-11-5-2-8-14-20-26-32-38-44-50-62/h54-55,59-64H,1-53H2/t54-,55+,59-,60-/m1/s1. The predicted octanol–water partition coefficient (Wildman–Crippen LogP) is 14.8. The number of carbonyl (C=O) groups excluding carboxylic acids is 3. The highest BCUT2D eigenvalue weighted by molar-refractivity contribution is 5.71. The Bertz CT molecular complexity index is 1150. The molecular formula is C60H114O11. The van der Waals surface area contributed by atoms with Gasteiger partial charge in [-0.3, -0.25) is 14.4 Å². The highest BCUT2D eigenvalue weighted by Gasteiger charge is 2.47. The molecule has 1 aliphatic rings. The largest absolute Gasteiger partial charge is 0.457 e. The maximum Gasteiger partial charge on any atom is 0.306 e. The van der Waals surface area contributed by atoms with Crippen LogP contribution in [0, 0.1) is 0 Å². The van der Waals surface area contributed by atoms with Gasteiger partial charge in [0.15, 0.2) is 18.3 Å². The third-order valence-corrected chi connectivity index (χ3v) is 14.6. The molecule has 0 aliphatic carbocycles. The molecule has 0 unspecified atom stereocenters. The second-order valence-electron chi connectivity index (χ2n) is 21.3. The Labute approximate surface area is 435 Å². The zero-order valence-corrected chi connectivity index (χ0v) is 45.9. The highest BCUT2D eigenvalue weighted by atomic mass is 16.6. The van der Waals surface area contributed by atoms with E-state index in [-0.39, 0.29) is 31.8 Å². The van der Waals surface area contributed by atoms with Gasteiger partial charge in [-0.25, -0.2) is 0 Å². The molecule has 420 valence electrons. The van der Waals surface area contributed by atoms with Gasteiger partial charge in [-0.1, -0.05) is 250 Å². The molecule has 0 saturated carbocycles. The van der Waals surface area contributed by atoms with Gasteiger partial charge in [0.1, 0.15) is 6.10 Å². The van der Waals surface area contributed by atoms with E-state index in [9.17, 15) is 19.5 Å². The van der Waals surface area contributed by atoms with E-state index < -0.39 is 43.0 Å². The van der Waals surface area contributed by atoms with Crippen LogP contribution in [0.2, 0.25) is 0 Å². The first-order valence-corrected chi connectivity index (χ1v) is 30.6. The fourth-order valence-corrected chi connectivity index (χ4v) is 10.1. The minimum Gasteiger partial charge on any atom is -0.457 e. The molecule has 1 fully saturated rings. The van der Waals surface area contributed by atoms with E-state index in [2.05, 4.69) is 0 Å². The van der Waals surface area contributed by atoms with E-state index in [1.54, 1.807) is 0 Å². The monoisotopic (exact) mass is 1010 g/mol. The van der Waals surface area contributed by atoms with Crippen LogP contribution in [0.4, 0.5) is 0 Å². The van der Waals surface area contributed by atoms with Crippen molar-refractivity contribution >= 4 is 17.9 Å². The minimum atomic E-state index is -1.04. The van der Waals surface area contributed by atoms with Gasteiger partial charge in [-0.05, 0) is 38.5 Å². The zero-order chi connectivity index (χ0) is 51.3. The third kappa shape index (κ3) is 43.2. The topological polar surface area (TPSA) is 169 Å². The molecule has 0 aromatic rings. The summed E-state index contributed by atoms with van der Waals surface area (Å²) in [6, 6.07) is 0. The average Bonchev–Trinajstić information content (AvgIpc) is 3.75. The summed E-state index contributed by atoms with van der Waals surface area (Å²) in [7, 11) is 0. The van der Waals surface area contributed by atoms with E-state index in [4.69, 9.17) is 34.3 Å². The molecule has 1 aliphatic heterocycles. The molecule has 0 amide bonds. The summed E-state index contributed by atoms with van der Waals surface area (Å²) in [6.45, 7) is 0.449. The van der Waals surface area contributed by atoms with Gasteiger partial charge in [-0.2, -0.15) is 0 Å². The lowest BCUT2D eigenvalue weighted by atomic mass is 10.0. The Hall–Kier alpha value is -1.79. The van der Waals surface area contributed by atoms with Crippen molar-refractivity contribution in [3.8, 4) is 0 Å². The summed E-state index contributed by atoms with van der Waals surface area (Å²) in [6.07, 6.45) is 49.4. The summed E-state index contributed by atoms with van der Waals surface area (Å²) in [4.78, 5) is 39.4. The molecule has 4 N–H and O–H groups in total. The SMILES string of the molecule is O=C(CCCCCCCCCCCCCCCCCO)O[C@H]1[C@@H]([C@@H](CO)OC(=O)CCCCCCCCCCCCCCCCCO)OC[C@@H]1OC(=O)CCCCCCCCCCCCCCCCCO. The number of carbonyl (C=O) groups is 3. The van der Waals surface area contributed by atoms with Crippen molar-refractivity contribution in [2.24, 2.45) is 0 Å². The lowest BCUT2D eigenvalue weighted by Gasteiger charge is -2.28. The van der Waals surface area contributed by atoms with Gasteiger partial charge in [0.05, 0.1) is 13.2 Å². The molecule has 4 atom stereocenters. The Morgan fingerprint density at radius 3 is 0.845 bits per heavy atom. The third-order valence-electron chi connectivity index (χ3n) is 14.6. The Morgan fingerprint density at radius 1 is 0.338 bits per heavy atom. The summed E-state index contributed by atoms with van der Waals surface area (Å²) in [5.41, 5.74) is 0. The number of hydrogen-bond donors (Lipinski definition) is 4. The zero-order valence-electron chi connectivity index (χ0n) is 45.9. The molecule has 71 heavy (non-hydrogen) atoms. The van der Waals surface area contributed by atoms with Gasteiger partial charge in [0, 0.05) is 39.1 Å². The van der Waals surface area contributed by atoms with Crippen molar-refractivity contribution in [1.82, 2.24) is 0 Å². The minimum absolute atomic E-state index is 0.00455. The Morgan fingerprint density at radius 2 is 0.577 bits per heavy atom. The fraction of sp³-hybridized carbons (Fsp3) is 0.950. The van der Waals surface area contributed by atoms with Gasteiger partial charge in [0.25, 0.3) is 0 Å². The van der Waals surface area contributed by atoms with Crippen LogP contribution in [-0.4, -0.2) is 95.8 Å². The number of hydrogen-bond acceptors (Lipinski definition) is 11. The highest BCUT2D eigenvalue weighted by Crippen LogP contribution is 2.27. The van der Waals surface area contributed by atoms with Crippen LogP contribution in [0.15, 0.2) is 0 Å². The smallest absolute Gasteiger partial charge is 0.306 e. The summed E-state index contributed by atoms with van der Waals surface area (Å²) in [5.74, 6) is -1.16. The van der Waals surface area contributed by atoms with Crippen molar-refractivity contribution < 1.29 is 53.8 Å².